The van der Waals surface area contributed by atoms with Crippen LogP contribution in [-0.2, 0) is 5.41 Å². The second kappa shape index (κ2) is 13.1. The zero-order valence-electron chi connectivity index (χ0n) is 34.0. The Labute approximate surface area is 368 Å². The van der Waals surface area contributed by atoms with Gasteiger partial charge in [0.1, 0.15) is 11.2 Å². The summed E-state index contributed by atoms with van der Waals surface area (Å²) in [6.07, 6.45) is 0. The van der Waals surface area contributed by atoms with Gasteiger partial charge >= 0.3 is 0 Å². The first-order valence-corrected chi connectivity index (χ1v) is 22.4. The van der Waals surface area contributed by atoms with Gasteiger partial charge in [-0.2, -0.15) is 0 Å². The molecule has 12 aromatic rings. The van der Waals surface area contributed by atoms with Crippen LogP contribution in [0.25, 0.3) is 71.3 Å². The fraction of sp³-hybridized carbons (Fsp3) is 0.0169. The molecule has 294 valence electrons. The maximum atomic E-state index is 6.39. The SMILES string of the molecule is c1ccc(N(c2ccc3c(c2)Sc2ccccc2C32c3ccccc3-c3cccc4cccc2c34)c2ccc3c(c2)c2ccccc2n3-c2ccc3c(c2)oc2ccccc23)cc1. The van der Waals surface area contributed by atoms with Gasteiger partial charge in [-0.25, -0.2) is 0 Å². The van der Waals surface area contributed by atoms with Gasteiger partial charge in [-0.15, -0.1) is 0 Å². The van der Waals surface area contributed by atoms with Crippen LogP contribution in [0.15, 0.2) is 233 Å². The molecule has 0 saturated carbocycles. The molecule has 3 heterocycles. The molecule has 10 aromatic carbocycles. The van der Waals surface area contributed by atoms with Crippen LogP contribution in [0.1, 0.15) is 22.3 Å². The minimum absolute atomic E-state index is 0.496. The zero-order valence-corrected chi connectivity index (χ0v) is 34.8. The molecule has 0 amide bonds. The van der Waals surface area contributed by atoms with Gasteiger partial charge in [0.05, 0.1) is 16.4 Å². The predicted octanol–water partition coefficient (Wildman–Crippen LogP) is 16.1. The topological polar surface area (TPSA) is 21.3 Å². The first kappa shape index (κ1) is 34.9. The van der Waals surface area contributed by atoms with Crippen molar-refractivity contribution in [3.8, 4) is 16.8 Å². The van der Waals surface area contributed by atoms with E-state index in [0.29, 0.717) is 0 Å². The number of furan rings is 1. The Hall–Kier alpha value is -7.79. The summed E-state index contributed by atoms with van der Waals surface area (Å²) in [5.41, 5.74) is 15.9. The van der Waals surface area contributed by atoms with E-state index >= 15 is 0 Å². The fourth-order valence-corrected chi connectivity index (χ4v) is 12.3. The third-order valence-electron chi connectivity index (χ3n) is 13.6. The summed E-state index contributed by atoms with van der Waals surface area (Å²) in [6.45, 7) is 0. The van der Waals surface area contributed by atoms with E-state index in [0.717, 1.165) is 55.7 Å². The van der Waals surface area contributed by atoms with Crippen LogP contribution < -0.4 is 4.90 Å². The first-order chi connectivity index (χ1) is 31.2. The van der Waals surface area contributed by atoms with Gasteiger partial charge in [-0.3, -0.25) is 0 Å². The molecule has 0 N–H and O–H groups in total. The average Bonchev–Trinajstić information content (AvgIpc) is 3.88. The molecular weight excluding hydrogens is 785 g/mol. The van der Waals surface area contributed by atoms with Crippen molar-refractivity contribution in [2.45, 2.75) is 15.2 Å². The number of hydrogen-bond donors (Lipinski definition) is 0. The molecule has 4 heteroatoms. The van der Waals surface area contributed by atoms with E-state index in [1.165, 1.54) is 64.7 Å². The molecule has 0 radical (unpaired) electrons. The van der Waals surface area contributed by atoms with Crippen LogP contribution in [0, 0.1) is 0 Å². The van der Waals surface area contributed by atoms with Crippen LogP contribution in [0.4, 0.5) is 17.1 Å². The van der Waals surface area contributed by atoms with Crippen molar-refractivity contribution in [2.24, 2.45) is 0 Å². The highest BCUT2D eigenvalue weighted by Gasteiger charge is 2.48. The first-order valence-electron chi connectivity index (χ1n) is 21.6. The lowest BCUT2D eigenvalue weighted by atomic mass is 9.59. The Morgan fingerprint density at radius 1 is 0.397 bits per heavy atom. The van der Waals surface area contributed by atoms with Gasteiger partial charge in [0.15, 0.2) is 0 Å². The highest BCUT2D eigenvalue weighted by molar-refractivity contribution is 7.99. The third kappa shape index (κ3) is 4.81. The van der Waals surface area contributed by atoms with E-state index in [2.05, 4.69) is 216 Å². The van der Waals surface area contributed by atoms with Crippen molar-refractivity contribution < 1.29 is 4.42 Å². The number of hydrogen-bond acceptors (Lipinski definition) is 3. The summed E-state index contributed by atoms with van der Waals surface area (Å²) in [7, 11) is 0. The van der Waals surface area contributed by atoms with Crippen molar-refractivity contribution in [3.63, 3.8) is 0 Å². The summed E-state index contributed by atoms with van der Waals surface area (Å²) in [6, 6.07) is 80.4. The molecule has 2 aliphatic rings. The molecule has 63 heavy (non-hydrogen) atoms. The maximum Gasteiger partial charge on any atom is 0.137 e. The van der Waals surface area contributed by atoms with Crippen molar-refractivity contribution in [1.29, 1.82) is 0 Å². The van der Waals surface area contributed by atoms with Gasteiger partial charge in [-0.1, -0.05) is 151 Å². The molecule has 0 saturated heterocycles. The molecule has 2 aromatic heterocycles. The average molecular weight is 821 g/mol. The predicted molar refractivity (Wildman–Crippen MR) is 262 cm³/mol. The smallest absolute Gasteiger partial charge is 0.137 e. The van der Waals surface area contributed by atoms with Crippen LogP contribution in [0.5, 0.6) is 0 Å². The van der Waals surface area contributed by atoms with Crippen molar-refractivity contribution in [1.82, 2.24) is 4.57 Å². The molecular formula is C59H36N2OS. The van der Waals surface area contributed by atoms with Gasteiger partial charge < -0.3 is 13.9 Å². The molecule has 3 nitrogen and oxygen atoms in total. The fourth-order valence-electron chi connectivity index (χ4n) is 11.1. The number of benzene rings is 10. The van der Waals surface area contributed by atoms with Crippen molar-refractivity contribution in [3.05, 3.63) is 241 Å². The van der Waals surface area contributed by atoms with Crippen molar-refractivity contribution in [2.75, 3.05) is 4.90 Å². The van der Waals surface area contributed by atoms with Crippen LogP contribution in [-0.4, -0.2) is 4.57 Å². The van der Waals surface area contributed by atoms with Gasteiger partial charge in [-0.05, 0) is 117 Å². The number of para-hydroxylation sites is 3. The summed E-state index contributed by atoms with van der Waals surface area (Å²) in [4.78, 5) is 4.97. The lowest BCUT2D eigenvalue weighted by molar-refractivity contribution is 0.668. The number of aromatic nitrogens is 1. The number of anilines is 3. The second-order valence-electron chi connectivity index (χ2n) is 16.8. The van der Waals surface area contributed by atoms with Crippen LogP contribution in [0.2, 0.25) is 0 Å². The Bertz CT molecular complexity index is 3860. The minimum atomic E-state index is -0.496. The van der Waals surface area contributed by atoms with E-state index in [9.17, 15) is 0 Å². The van der Waals surface area contributed by atoms with Crippen LogP contribution >= 0.6 is 11.8 Å². The molecule has 1 aliphatic carbocycles. The highest BCUT2D eigenvalue weighted by Crippen LogP contribution is 2.61. The molecule has 1 unspecified atom stereocenters. The molecule has 0 fully saturated rings. The number of rotatable bonds is 4. The monoisotopic (exact) mass is 820 g/mol. The minimum Gasteiger partial charge on any atom is -0.456 e. The van der Waals surface area contributed by atoms with E-state index in [1.54, 1.807) is 0 Å². The quantitative estimate of drug-likeness (QED) is 0.176. The highest BCUT2D eigenvalue weighted by atomic mass is 32.2. The number of fused-ring (bicyclic) bond motifs is 14. The molecule has 14 rings (SSSR count). The van der Waals surface area contributed by atoms with Gasteiger partial charge in [0.25, 0.3) is 0 Å². The maximum absolute atomic E-state index is 6.39. The van der Waals surface area contributed by atoms with E-state index < -0.39 is 5.41 Å². The van der Waals surface area contributed by atoms with E-state index in [4.69, 9.17) is 4.42 Å². The number of nitrogens with zero attached hydrogens (tertiary/aromatic N) is 2. The molecule has 1 atom stereocenters. The normalized spacial score (nSPS) is 15.0. The second-order valence-corrected chi connectivity index (χ2v) is 17.9. The third-order valence-corrected chi connectivity index (χ3v) is 14.8. The summed E-state index contributed by atoms with van der Waals surface area (Å²) < 4.78 is 8.76. The molecule has 1 aliphatic heterocycles. The summed E-state index contributed by atoms with van der Waals surface area (Å²) >= 11 is 1.89. The Morgan fingerprint density at radius 3 is 1.98 bits per heavy atom. The van der Waals surface area contributed by atoms with Gasteiger partial charge in [0, 0.05) is 60.2 Å². The summed E-state index contributed by atoms with van der Waals surface area (Å²) in [5.74, 6) is 0. The molecule has 1 spiro atoms. The standard InChI is InChI=1S/C59H36N2OS/c1-2-16-38(17-3-1)60(39-30-33-53-47(34-39)43-19-5-9-25-52(43)61(53)40-28-31-45-44-20-6-10-26-54(44)62-55(45)35-40)41-29-32-50-57(36-41)63-56-27-11-8-23-49(56)59(50)48-22-7-4-18-42(48)46-21-12-14-37-15-13-24-51(59)58(37)46/h1-36H. The molecule has 0 bridgehead atoms. The van der Waals surface area contributed by atoms with Gasteiger partial charge in [0.2, 0.25) is 0 Å². The Kier molecular flexibility index (Phi) is 7.26. The zero-order chi connectivity index (χ0) is 41.2. The summed E-state index contributed by atoms with van der Waals surface area (Å²) in [5, 5.41) is 7.28. The Morgan fingerprint density at radius 2 is 1.06 bits per heavy atom. The lowest BCUT2D eigenvalue weighted by Crippen LogP contribution is -2.36. The van der Waals surface area contributed by atoms with E-state index in [1.807, 2.05) is 23.9 Å². The van der Waals surface area contributed by atoms with Crippen molar-refractivity contribution >= 4 is 83.3 Å². The van der Waals surface area contributed by atoms with E-state index in [-0.39, 0.29) is 0 Å². The van der Waals surface area contributed by atoms with Crippen LogP contribution in [0.3, 0.4) is 0 Å². The Balaban J connectivity index is 0.979. The lowest BCUT2D eigenvalue weighted by Gasteiger charge is -2.46. The largest absolute Gasteiger partial charge is 0.456 e.